The molecule has 2 heterocycles. The molecule has 18 heavy (non-hydrogen) atoms. The Morgan fingerprint density at radius 2 is 2.11 bits per heavy atom. The largest absolute Gasteiger partial charge is 0.481 e. The Bertz CT molecular complexity index is 595. The lowest BCUT2D eigenvalue weighted by molar-refractivity contribution is -0.144. The Hall–Kier alpha value is -2.71. The maximum Gasteiger partial charge on any atom is 0.326 e. The Balaban J connectivity index is 2.28. The Kier molecular flexibility index (Phi) is 3.04. The molecular formula is C9H9N5O4. The van der Waals surface area contributed by atoms with Crippen molar-refractivity contribution in [3.05, 3.63) is 12.7 Å². The molecule has 9 heteroatoms. The van der Waals surface area contributed by atoms with Crippen molar-refractivity contribution >= 4 is 28.9 Å². The van der Waals surface area contributed by atoms with Crippen LogP contribution in [0.4, 0.5) is 5.82 Å². The summed E-state index contributed by atoms with van der Waals surface area (Å²) in [5, 5.41) is 20.1. The molecule has 94 valence electrons. The van der Waals surface area contributed by atoms with E-state index >= 15 is 0 Å². The normalized spacial score (nSPS) is 12.2. The molecule has 0 bridgehead atoms. The number of nitrogens with one attached hydrogen (secondary N) is 2. The zero-order chi connectivity index (χ0) is 13.1. The predicted molar refractivity (Wildman–Crippen MR) is 59.0 cm³/mol. The number of imidazole rings is 1. The third kappa shape index (κ3) is 2.34. The van der Waals surface area contributed by atoms with Crippen LogP contribution in [0.3, 0.4) is 0 Å². The van der Waals surface area contributed by atoms with Gasteiger partial charge in [0.1, 0.15) is 17.9 Å². The number of carbonyl (C=O) groups is 2. The summed E-state index contributed by atoms with van der Waals surface area (Å²) < 4.78 is 0. The van der Waals surface area contributed by atoms with Crippen LogP contribution in [-0.2, 0) is 9.59 Å². The molecule has 0 radical (unpaired) electrons. The Morgan fingerprint density at radius 3 is 2.78 bits per heavy atom. The smallest absolute Gasteiger partial charge is 0.326 e. The molecule has 0 aliphatic carbocycles. The van der Waals surface area contributed by atoms with Crippen molar-refractivity contribution in [1.82, 2.24) is 19.9 Å². The molecule has 0 unspecified atom stereocenters. The molecule has 0 aliphatic heterocycles. The fraction of sp³-hybridized carbons (Fsp3) is 0.222. The average molecular weight is 251 g/mol. The molecule has 2 aromatic rings. The van der Waals surface area contributed by atoms with Gasteiger partial charge in [-0.1, -0.05) is 0 Å². The van der Waals surface area contributed by atoms with Crippen LogP contribution in [-0.4, -0.2) is 48.1 Å². The van der Waals surface area contributed by atoms with E-state index in [0.29, 0.717) is 11.2 Å². The zero-order valence-electron chi connectivity index (χ0n) is 8.99. The van der Waals surface area contributed by atoms with Crippen LogP contribution < -0.4 is 5.32 Å². The van der Waals surface area contributed by atoms with Crippen LogP contribution in [0.25, 0.3) is 11.2 Å². The molecule has 0 saturated heterocycles. The summed E-state index contributed by atoms with van der Waals surface area (Å²) in [5.41, 5.74) is 0.793. The molecule has 0 spiro atoms. The summed E-state index contributed by atoms with van der Waals surface area (Å²) in [4.78, 5) is 35.8. The molecule has 1 atom stereocenters. The van der Waals surface area contributed by atoms with Gasteiger partial charge in [0.05, 0.1) is 12.7 Å². The van der Waals surface area contributed by atoms with Crippen molar-refractivity contribution in [3.8, 4) is 0 Å². The fourth-order valence-electron chi connectivity index (χ4n) is 1.41. The summed E-state index contributed by atoms with van der Waals surface area (Å²) in [7, 11) is 0. The van der Waals surface area contributed by atoms with Gasteiger partial charge in [-0.15, -0.1) is 0 Å². The third-order valence-corrected chi connectivity index (χ3v) is 2.21. The SMILES string of the molecule is O=C(O)C[C@H](Nc1ncnc2nc[nH]c12)C(=O)O. The van der Waals surface area contributed by atoms with Crippen molar-refractivity contribution in [2.75, 3.05) is 5.32 Å². The second-order valence-corrected chi connectivity index (χ2v) is 3.46. The minimum absolute atomic E-state index is 0.200. The third-order valence-electron chi connectivity index (χ3n) is 2.21. The van der Waals surface area contributed by atoms with Crippen LogP contribution in [0.15, 0.2) is 12.7 Å². The first-order valence-corrected chi connectivity index (χ1v) is 4.93. The lowest BCUT2D eigenvalue weighted by atomic mass is 10.2. The number of carboxylic acid groups (broad SMARTS) is 2. The molecule has 0 fully saturated rings. The van der Waals surface area contributed by atoms with Gasteiger partial charge in [-0.2, -0.15) is 0 Å². The van der Waals surface area contributed by atoms with Crippen molar-refractivity contribution in [1.29, 1.82) is 0 Å². The maximum atomic E-state index is 10.9. The highest BCUT2D eigenvalue weighted by Crippen LogP contribution is 2.16. The van der Waals surface area contributed by atoms with Gasteiger partial charge in [0.15, 0.2) is 11.5 Å². The van der Waals surface area contributed by atoms with E-state index in [1.807, 2.05) is 0 Å². The van der Waals surface area contributed by atoms with Crippen LogP contribution in [0.5, 0.6) is 0 Å². The monoisotopic (exact) mass is 251 g/mol. The molecule has 9 nitrogen and oxygen atoms in total. The van der Waals surface area contributed by atoms with E-state index in [1.165, 1.54) is 12.7 Å². The molecule has 0 amide bonds. The van der Waals surface area contributed by atoms with E-state index in [2.05, 4.69) is 25.3 Å². The number of aromatic nitrogens is 4. The first-order valence-electron chi connectivity index (χ1n) is 4.93. The van der Waals surface area contributed by atoms with Gasteiger partial charge < -0.3 is 20.5 Å². The van der Waals surface area contributed by atoms with Gasteiger partial charge >= 0.3 is 11.9 Å². The van der Waals surface area contributed by atoms with E-state index in [-0.39, 0.29) is 5.82 Å². The van der Waals surface area contributed by atoms with Gasteiger partial charge in [-0.25, -0.2) is 19.7 Å². The molecule has 0 aromatic carbocycles. The van der Waals surface area contributed by atoms with E-state index in [4.69, 9.17) is 10.2 Å². The van der Waals surface area contributed by atoms with E-state index in [1.54, 1.807) is 0 Å². The minimum atomic E-state index is -1.27. The van der Waals surface area contributed by atoms with Crippen LogP contribution in [0.1, 0.15) is 6.42 Å². The second kappa shape index (κ2) is 4.65. The highest BCUT2D eigenvalue weighted by Gasteiger charge is 2.22. The number of hydrogen-bond acceptors (Lipinski definition) is 6. The van der Waals surface area contributed by atoms with Gasteiger partial charge in [0.2, 0.25) is 0 Å². The van der Waals surface area contributed by atoms with E-state index < -0.39 is 24.4 Å². The lowest BCUT2D eigenvalue weighted by Gasteiger charge is -2.12. The lowest BCUT2D eigenvalue weighted by Crippen LogP contribution is -2.32. The molecule has 2 aromatic heterocycles. The highest BCUT2D eigenvalue weighted by molar-refractivity contribution is 5.87. The Labute approximate surface area is 99.9 Å². The van der Waals surface area contributed by atoms with Gasteiger partial charge in [0.25, 0.3) is 0 Å². The standard InChI is InChI=1S/C9H9N5O4/c15-5(16)1-4(9(17)18)14-8-6-7(11-2-10-6)12-3-13-8/h2-4H,1H2,(H,15,16)(H,17,18)(H2,10,11,12,13,14)/t4-/m0/s1. The average Bonchev–Trinajstić information content (AvgIpc) is 2.76. The number of rotatable bonds is 5. The first kappa shape index (κ1) is 11.8. The van der Waals surface area contributed by atoms with Crippen molar-refractivity contribution in [2.24, 2.45) is 0 Å². The number of anilines is 1. The van der Waals surface area contributed by atoms with E-state index in [0.717, 1.165) is 0 Å². The minimum Gasteiger partial charge on any atom is -0.481 e. The number of hydrogen-bond donors (Lipinski definition) is 4. The van der Waals surface area contributed by atoms with Crippen molar-refractivity contribution in [3.63, 3.8) is 0 Å². The molecule has 0 aliphatic rings. The van der Waals surface area contributed by atoms with Gasteiger partial charge in [0, 0.05) is 0 Å². The van der Waals surface area contributed by atoms with Crippen LogP contribution in [0, 0.1) is 0 Å². The van der Waals surface area contributed by atoms with Gasteiger partial charge in [-0.05, 0) is 0 Å². The summed E-state index contributed by atoms with van der Waals surface area (Å²) in [6.07, 6.45) is 2.04. The summed E-state index contributed by atoms with van der Waals surface area (Å²) in [6, 6.07) is -1.27. The van der Waals surface area contributed by atoms with Crippen molar-refractivity contribution < 1.29 is 19.8 Å². The summed E-state index contributed by atoms with van der Waals surface area (Å²) in [6.45, 7) is 0. The quantitative estimate of drug-likeness (QED) is 0.567. The maximum absolute atomic E-state index is 10.9. The summed E-state index contributed by atoms with van der Waals surface area (Å²) in [5.74, 6) is -2.29. The number of carboxylic acids is 2. The first-order chi connectivity index (χ1) is 8.58. The number of H-pyrrole nitrogens is 1. The number of aromatic amines is 1. The molecule has 2 rings (SSSR count). The summed E-state index contributed by atoms with van der Waals surface area (Å²) >= 11 is 0. The van der Waals surface area contributed by atoms with E-state index in [9.17, 15) is 9.59 Å². The topological polar surface area (TPSA) is 141 Å². The predicted octanol–water partition coefficient (Wildman–Crippen LogP) is -0.307. The number of fused-ring (bicyclic) bond motifs is 1. The van der Waals surface area contributed by atoms with Gasteiger partial charge in [-0.3, -0.25) is 4.79 Å². The number of aliphatic carboxylic acids is 2. The molecule has 0 saturated carbocycles. The molecule has 4 N–H and O–H groups in total. The Morgan fingerprint density at radius 1 is 1.33 bits per heavy atom. The van der Waals surface area contributed by atoms with Crippen molar-refractivity contribution in [2.45, 2.75) is 12.5 Å². The fourth-order valence-corrected chi connectivity index (χ4v) is 1.41. The number of nitrogens with zero attached hydrogens (tertiary/aromatic N) is 3. The molecular weight excluding hydrogens is 242 g/mol. The zero-order valence-corrected chi connectivity index (χ0v) is 8.99. The van der Waals surface area contributed by atoms with Crippen LogP contribution in [0.2, 0.25) is 0 Å². The second-order valence-electron chi connectivity index (χ2n) is 3.46. The highest BCUT2D eigenvalue weighted by atomic mass is 16.4. The van der Waals surface area contributed by atoms with Crippen LogP contribution >= 0.6 is 0 Å².